The van der Waals surface area contributed by atoms with Gasteiger partial charge in [0.25, 0.3) is 0 Å². The van der Waals surface area contributed by atoms with Gasteiger partial charge in [0, 0.05) is 13.0 Å². The first-order chi connectivity index (χ1) is 4.81. The highest BCUT2D eigenvalue weighted by Gasteiger charge is 1.90. The third-order valence-corrected chi connectivity index (χ3v) is 0.710. The van der Waals surface area contributed by atoms with Crippen molar-refractivity contribution in [2.45, 2.75) is 6.42 Å². The largest absolute Gasteiger partial charge is 0.355 e. The first-order valence-electron chi connectivity index (χ1n) is 2.63. The Morgan fingerprint density at radius 2 is 2.40 bits per heavy atom. The number of hydrogen-bond acceptors (Lipinski definition) is 3. The first-order valence-corrected chi connectivity index (χ1v) is 2.63. The molecule has 0 spiro atoms. The average Bonchev–Trinajstić information content (AvgIpc) is 1.89. The quantitative estimate of drug-likeness (QED) is 0.155. The lowest BCUT2D eigenvalue weighted by molar-refractivity contribution is 0.550. The summed E-state index contributed by atoms with van der Waals surface area (Å²) in [5, 5.41) is 19.4. The number of carbonyl (C=O) groups excluding carboxylic acids is 1. The topological polar surface area (TPSA) is 88.8 Å². The van der Waals surface area contributed by atoms with Crippen molar-refractivity contribution in [1.82, 2.24) is 10.6 Å². The summed E-state index contributed by atoms with van der Waals surface area (Å²) in [6, 6.07) is 0. The second kappa shape index (κ2) is 5.56. The Morgan fingerprint density at radius 1 is 1.70 bits per heavy atom. The first kappa shape index (κ1) is 8.43. The molecule has 0 heterocycles. The van der Waals surface area contributed by atoms with Gasteiger partial charge in [0.2, 0.25) is 5.96 Å². The molecule has 0 aromatic heterocycles. The van der Waals surface area contributed by atoms with E-state index in [9.17, 15) is 4.79 Å². The van der Waals surface area contributed by atoms with E-state index in [2.05, 4.69) is 10.6 Å². The smallest absolute Gasteiger partial charge is 0.201 e. The third-order valence-electron chi connectivity index (χ3n) is 0.710. The van der Waals surface area contributed by atoms with E-state index in [0.717, 1.165) is 0 Å². The molecule has 0 atom stereocenters. The zero-order valence-corrected chi connectivity index (χ0v) is 5.27. The Morgan fingerprint density at radius 3 is 2.90 bits per heavy atom. The second-order valence-electron chi connectivity index (χ2n) is 1.43. The van der Waals surface area contributed by atoms with Crippen LogP contribution in [-0.2, 0) is 4.79 Å². The van der Waals surface area contributed by atoms with Gasteiger partial charge in [0.1, 0.15) is 0 Å². The molecule has 0 aliphatic carbocycles. The van der Waals surface area contributed by atoms with Crippen LogP contribution in [0, 0.1) is 16.9 Å². The van der Waals surface area contributed by atoms with Crippen LogP contribution in [0.15, 0.2) is 0 Å². The van der Waals surface area contributed by atoms with Gasteiger partial charge >= 0.3 is 0 Å². The highest BCUT2D eigenvalue weighted by molar-refractivity contribution is 5.77. The van der Waals surface area contributed by atoms with Crippen LogP contribution >= 0.6 is 0 Å². The van der Waals surface area contributed by atoms with Gasteiger partial charge in [0.05, 0.1) is 0 Å². The SMILES string of the molecule is N#CNC(=N)NCC[C]=O. The van der Waals surface area contributed by atoms with Crippen LogP contribution in [0.2, 0.25) is 0 Å². The van der Waals surface area contributed by atoms with Crippen LogP contribution in [0.4, 0.5) is 0 Å². The normalized spacial score (nSPS) is 7.50. The molecule has 3 N–H and O–H groups in total. The van der Waals surface area contributed by atoms with Crippen molar-refractivity contribution < 1.29 is 4.79 Å². The number of guanidine groups is 1. The van der Waals surface area contributed by atoms with Crippen molar-refractivity contribution >= 4 is 12.2 Å². The molecule has 0 rings (SSSR count). The van der Waals surface area contributed by atoms with Crippen molar-refractivity contribution in [1.29, 1.82) is 10.7 Å². The summed E-state index contributed by atoms with van der Waals surface area (Å²) < 4.78 is 0. The van der Waals surface area contributed by atoms with Crippen LogP contribution in [0.25, 0.3) is 0 Å². The molecular weight excluding hydrogens is 132 g/mol. The predicted molar refractivity (Wildman–Crippen MR) is 34.8 cm³/mol. The maximum absolute atomic E-state index is 9.62. The average molecular weight is 139 g/mol. The molecule has 0 saturated heterocycles. The lowest BCUT2D eigenvalue weighted by Crippen LogP contribution is -2.33. The molecule has 0 aromatic rings. The van der Waals surface area contributed by atoms with E-state index in [1.54, 1.807) is 12.5 Å². The summed E-state index contributed by atoms with van der Waals surface area (Å²) in [4.78, 5) is 9.62. The summed E-state index contributed by atoms with van der Waals surface area (Å²) in [5.41, 5.74) is 0. The van der Waals surface area contributed by atoms with E-state index in [1.165, 1.54) is 0 Å². The Labute approximate surface area is 58.5 Å². The van der Waals surface area contributed by atoms with E-state index >= 15 is 0 Å². The molecular formula is C5H7N4O. The van der Waals surface area contributed by atoms with Crippen LogP contribution in [0.5, 0.6) is 0 Å². The maximum atomic E-state index is 9.62. The van der Waals surface area contributed by atoms with Gasteiger partial charge in [-0.25, -0.2) is 0 Å². The number of nitrogens with one attached hydrogen (secondary N) is 3. The summed E-state index contributed by atoms with van der Waals surface area (Å²) in [6.45, 7) is 0.330. The van der Waals surface area contributed by atoms with E-state index in [4.69, 9.17) is 10.7 Å². The molecule has 5 heteroatoms. The lowest BCUT2D eigenvalue weighted by Gasteiger charge is -2.00. The fraction of sp³-hybridized carbons (Fsp3) is 0.400. The molecule has 0 aliphatic heterocycles. The summed E-state index contributed by atoms with van der Waals surface area (Å²) in [6.07, 6.45) is 3.42. The molecule has 0 bridgehead atoms. The number of hydrogen-bond donors (Lipinski definition) is 3. The minimum atomic E-state index is -0.0993. The molecule has 0 aromatic carbocycles. The fourth-order valence-corrected chi connectivity index (χ4v) is 0.339. The van der Waals surface area contributed by atoms with Crippen molar-refractivity contribution in [3.8, 4) is 6.19 Å². The second-order valence-corrected chi connectivity index (χ2v) is 1.43. The Bertz CT molecular complexity index is 160. The molecule has 0 fully saturated rings. The van der Waals surface area contributed by atoms with Crippen molar-refractivity contribution in [3.63, 3.8) is 0 Å². The lowest BCUT2D eigenvalue weighted by atomic mass is 10.5. The summed E-state index contributed by atoms with van der Waals surface area (Å²) in [7, 11) is 0. The van der Waals surface area contributed by atoms with Crippen LogP contribution < -0.4 is 10.6 Å². The minimum absolute atomic E-state index is 0.0993. The molecule has 1 radical (unpaired) electrons. The van der Waals surface area contributed by atoms with E-state index in [1.807, 2.05) is 0 Å². The molecule has 0 aliphatic rings. The third kappa shape index (κ3) is 4.59. The van der Waals surface area contributed by atoms with Gasteiger partial charge < -0.3 is 5.32 Å². The molecule has 0 amide bonds. The Balaban J connectivity index is 3.23. The van der Waals surface area contributed by atoms with Gasteiger partial charge in [-0.05, 0) is 0 Å². The maximum Gasteiger partial charge on any atom is 0.201 e. The fourth-order valence-electron chi connectivity index (χ4n) is 0.339. The monoisotopic (exact) mass is 139 g/mol. The predicted octanol–water partition coefficient (Wildman–Crippen LogP) is -0.919. The van der Waals surface area contributed by atoms with Gasteiger partial charge in [-0.3, -0.25) is 15.5 Å². The van der Waals surface area contributed by atoms with Crippen molar-refractivity contribution in [2.24, 2.45) is 0 Å². The highest BCUT2D eigenvalue weighted by Crippen LogP contribution is 1.65. The number of rotatable bonds is 3. The van der Waals surface area contributed by atoms with Gasteiger partial charge in [-0.1, -0.05) is 0 Å². The summed E-state index contributed by atoms with van der Waals surface area (Å²) >= 11 is 0. The highest BCUT2D eigenvalue weighted by atomic mass is 16.1. The molecule has 10 heavy (non-hydrogen) atoms. The molecule has 0 saturated carbocycles. The van der Waals surface area contributed by atoms with E-state index in [-0.39, 0.29) is 12.4 Å². The van der Waals surface area contributed by atoms with Gasteiger partial charge in [-0.15, -0.1) is 0 Å². The molecule has 0 unspecified atom stereocenters. The molecule has 53 valence electrons. The van der Waals surface area contributed by atoms with Crippen LogP contribution in [-0.4, -0.2) is 18.8 Å². The van der Waals surface area contributed by atoms with Gasteiger partial charge in [-0.2, -0.15) is 5.26 Å². The zero-order valence-electron chi connectivity index (χ0n) is 5.27. The standard InChI is InChI=1S/C5H7N4O/c6-4-9-5(7)8-2-1-3-10/h1-2H2,(H3,7,8,9). The zero-order chi connectivity index (χ0) is 7.82. The number of nitriles is 1. The Hall–Kier alpha value is -1.57. The van der Waals surface area contributed by atoms with Crippen LogP contribution in [0.1, 0.15) is 6.42 Å². The summed E-state index contributed by atoms with van der Waals surface area (Å²) in [5.74, 6) is -0.0993. The van der Waals surface area contributed by atoms with Crippen LogP contribution in [0.3, 0.4) is 0 Å². The minimum Gasteiger partial charge on any atom is -0.355 e. The van der Waals surface area contributed by atoms with Crippen molar-refractivity contribution in [3.05, 3.63) is 0 Å². The Kier molecular flexibility index (Phi) is 4.69. The van der Waals surface area contributed by atoms with E-state index in [0.29, 0.717) is 6.54 Å². The number of nitrogens with zero attached hydrogens (tertiary/aromatic N) is 1. The van der Waals surface area contributed by atoms with E-state index < -0.39 is 0 Å². The molecule has 5 nitrogen and oxygen atoms in total. The van der Waals surface area contributed by atoms with Gasteiger partial charge in [0.15, 0.2) is 12.5 Å². The van der Waals surface area contributed by atoms with Crippen molar-refractivity contribution in [2.75, 3.05) is 6.54 Å².